The van der Waals surface area contributed by atoms with E-state index in [4.69, 9.17) is 72.8 Å². The van der Waals surface area contributed by atoms with Crippen molar-refractivity contribution in [3.63, 3.8) is 0 Å². The zero-order valence-electron chi connectivity index (χ0n) is 69.2. The standard InChI is InChI=1S/C21H19FN2OS.C19H19FN2OS.C18H17Cl2N3O4S2.C18H19N3OS.C17H18N2O2S/c1-14-18(20(23-2)21(26-14)24-8-10-25-11-9-24)13-15-6-7-17-16(12-15)4-3-5-19(17)22;1-13-18(21-19(24-13)22-7-9-23-10-8-22)12-14-5-6-16-15(11-14)3-2-4-17(16)20;1-29(26)22-15(10-2-3-12(19)13(20)8-10)14-11(9-21)17(28-16(14)18(24)25)23-4-6-27-7-5-23;1-13-17(20-18(23-13)21-6-8-22-9-7-21)11-14-2-3-15-4-5-19-12-16(15)10-14;1-12-15(18-17(22-12)19-6-8-20-9-7-19)11-14-10-13-4-2-3-5-16(13)21-14/h3-7,12H,8-11,13H2,1H3;2-6,11H,7-10,12H2,1H3;2-3,8,15,22H,4-7H2,1H3,(H,24,25);2-5,10,12H,6-9,11H2,1H3;2-5,10H,6-9,11H2,1H3. The quantitative estimate of drug-likeness (QED) is 0.0762. The second-order valence-corrected chi connectivity index (χ2v) is 37.8. The van der Waals surface area contributed by atoms with E-state index in [2.05, 4.69) is 104 Å². The Morgan fingerprint density at radius 1 is 0.540 bits per heavy atom. The molecular weight excluding hydrogens is 1730 g/mol. The summed E-state index contributed by atoms with van der Waals surface area (Å²) >= 11 is 20.2. The number of pyridine rings is 1. The third-order valence-corrected chi connectivity index (χ3v) is 28.9. The number of fused-ring (bicyclic) bond motifs is 4. The van der Waals surface area contributed by atoms with Crippen molar-refractivity contribution in [2.45, 2.75) is 59.4 Å². The third-order valence-electron chi connectivity index (χ3n) is 21.9. The van der Waals surface area contributed by atoms with Gasteiger partial charge in [0, 0.05) is 145 Å². The van der Waals surface area contributed by atoms with Crippen LogP contribution in [0.1, 0.15) is 97.0 Å². The molecule has 2 unspecified atom stereocenters. The van der Waals surface area contributed by atoms with Crippen molar-refractivity contribution in [3.05, 3.63) is 277 Å². The Morgan fingerprint density at radius 2 is 1.02 bits per heavy atom. The molecule has 12 heterocycles. The molecule has 0 bridgehead atoms. The molecule has 5 saturated heterocycles. The van der Waals surface area contributed by atoms with Crippen LogP contribution in [0.2, 0.25) is 10.0 Å². The molecule has 5 aliphatic heterocycles. The van der Waals surface area contributed by atoms with Gasteiger partial charge in [0.1, 0.15) is 38.9 Å². The maximum atomic E-state index is 13.9. The summed E-state index contributed by atoms with van der Waals surface area (Å²) in [6.07, 6.45) is 8.29. The molecule has 7 aromatic heterocycles. The lowest BCUT2D eigenvalue weighted by molar-refractivity contribution is 0.0700. The van der Waals surface area contributed by atoms with Crippen LogP contribution in [-0.4, -0.2) is 173 Å². The first-order valence-electron chi connectivity index (χ1n) is 40.8. The highest BCUT2D eigenvalue weighted by Crippen LogP contribution is 2.46. The number of halogens is 4. The molecule has 0 amide bonds. The van der Waals surface area contributed by atoms with Gasteiger partial charge in [0.2, 0.25) is 5.69 Å². The highest BCUT2D eigenvalue weighted by molar-refractivity contribution is 7.82. The van der Waals surface area contributed by atoms with E-state index in [-0.39, 0.29) is 32.7 Å². The molecule has 2 atom stereocenters. The predicted molar refractivity (Wildman–Crippen MR) is 500 cm³/mol. The molecule has 0 radical (unpaired) electrons. The zero-order chi connectivity index (χ0) is 86.3. The average Bonchev–Trinajstić information content (AvgIpc) is 1.58. The Labute approximate surface area is 751 Å². The first kappa shape index (κ1) is 88.9. The van der Waals surface area contributed by atoms with Crippen molar-refractivity contribution in [1.82, 2.24) is 24.7 Å². The lowest BCUT2D eigenvalue weighted by atomic mass is 9.96. The van der Waals surface area contributed by atoms with Gasteiger partial charge in [0.15, 0.2) is 15.4 Å². The number of carbonyl (C=O) groups is 1. The van der Waals surface area contributed by atoms with Crippen LogP contribution in [0.4, 0.5) is 39.9 Å². The number of ether oxygens (including phenoxy) is 5. The number of morpholine rings is 5. The fourth-order valence-corrected chi connectivity index (χ4v) is 21.5. The molecular formula is C93H92Cl2F2N12O9S6. The van der Waals surface area contributed by atoms with E-state index >= 15 is 0 Å². The molecule has 2 N–H and O–H groups in total. The largest absolute Gasteiger partial charge is 0.477 e. The Kier molecular flexibility index (Phi) is 30.1. The van der Waals surface area contributed by atoms with Gasteiger partial charge in [-0.15, -0.1) is 56.7 Å². The van der Waals surface area contributed by atoms with Crippen LogP contribution < -0.4 is 29.2 Å². The molecule has 0 saturated carbocycles. The third kappa shape index (κ3) is 21.8. The number of thiophene rings is 2. The second-order valence-electron chi connectivity index (χ2n) is 30.1. The van der Waals surface area contributed by atoms with Crippen LogP contribution >= 0.6 is 79.9 Å². The minimum absolute atomic E-state index is 0.0112. The second kappa shape index (κ2) is 41.9. The molecule has 0 spiro atoms. The maximum absolute atomic E-state index is 13.9. The summed E-state index contributed by atoms with van der Waals surface area (Å²) in [5.74, 6) is -0.548. The monoisotopic (exact) mass is 1820 g/mol. The van der Waals surface area contributed by atoms with Gasteiger partial charge in [-0.3, -0.25) is 4.98 Å². The topological polar surface area (TPSA) is 222 Å². The number of aromatic carboxylic acids is 1. The van der Waals surface area contributed by atoms with Crippen LogP contribution in [0, 0.1) is 57.2 Å². The fraction of sp³-hybridized carbons (Fsp3) is 0.323. The number of thiazole rings is 3. The Hall–Kier alpha value is -9.90. The number of nitrogens with one attached hydrogen (secondary N) is 1. The van der Waals surface area contributed by atoms with Gasteiger partial charge in [0.25, 0.3) is 0 Å². The van der Waals surface area contributed by atoms with Crippen LogP contribution in [0.3, 0.4) is 0 Å². The lowest BCUT2D eigenvalue weighted by Gasteiger charge is -2.28. The molecule has 5 fully saturated rings. The molecule has 0 aliphatic carbocycles. The minimum atomic E-state index is -1.49. The van der Waals surface area contributed by atoms with Crippen LogP contribution in [0.15, 0.2) is 162 Å². The number of hydrogen-bond donors (Lipinski definition) is 2. The zero-order valence-corrected chi connectivity index (χ0v) is 75.6. The first-order valence-corrected chi connectivity index (χ1v) is 47.2. The first-order chi connectivity index (χ1) is 60.3. The van der Waals surface area contributed by atoms with Gasteiger partial charge < -0.3 is 57.7 Å². The van der Waals surface area contributed by atoms with E-state index in [1.807, 2.05) is 84.0 Å². The SMILES string of the molecule is CS(=O)NC(c1ccc(Cl)c(Cl)c1)c1c(C(=O)O)sc(N2CCOCC2)c1C#N.Cc1sc(N2CCOCC2)nc1Cc1cc2ccccc2o1.Cc1sc(N2CCOCC2)nc1Cc1ccc2c(F)cccc2c1.Cc1sc(N2CCOCC2)nc1Cc1ccc2ccncc2c1.[C-]#[N+]c1c(N2CCOCC2)sc(C)c1Cc1ccc2c(F)cccc2c1. The highest BCUT2D eigenvalue weighted by Gasteiger charge is 2.34. The molecule has 14 aromatic rings. The fourth-order valence-electron chi connectivity index (χ4n) is 15.3. The van der Waals surface area contributed by atoms with Gasteiger partial charge in [-0.25, -0.2) is 42.3 Å². The number of anilines is 5. The Balaban J connectivity index is 0.000000120. The normalized spacial score (nSPS) is 15.4. The molecule has 21 nitrogen and oxygen atoms in total. The number of benzene rings is 7. The van der Waals surface area contributed by atoms with Gasteiger partial charge in [-0.2, -0.15) is 5.26 Å². The van der Waals surface area contributed by atoms with Crippen molar-refractivity contribution in [2.24, 2.45) is 0 Å². The number of nitrogens with zero attached hydrogens (tertiary/aromatic N) is 11. The molecule has 124 heavy (non-hydrogen) atoms. The van der Waals surface area contributed by atoms with E-state index in [1.54, 1.807) is 75.7 Å². The lowest BCUT2D eigenvalue weighted by Crippen LogP contribution is -2.36. The van der Waals surface area contributed by atoms with E-state index in [0.717, 1.165) is 204 Å². The van der Waals surface area contributed by atoms with Gasteiger partial charge in [-0.05, 0) is 131 Å². The smallest absolute Gasteiger partial charge is 0.346 e. The predicted octanol–water partition coefficient (Wildman–Crippen LogP) is 20.0. The van der Waals surface area contributed by atoms with E-state index in [9.17, 15) is 28.2 Å². The summed E-state index contributed by atoms with van der Waals surface area (Å²) in [7, 11) is -1.49. The number of carboxylic acid groups (broad SMARTS) is 1. The number of para-hydroxylation sites is 1. The molecule has 642 valence electrons. The van der Waals surface area contributed by atoms with E-state index in [0.29, 0.717) is 72.3 Å². The number of aromatic nitrogens is 4. The minimum Gasteiger partial charge on any atom is -0.477 e. The number of furan rings is 1. The number of hydrogen-bond acceptors (Lipinski definition) is 23. The van der Waals surface area contributed by atoms with Gasteiger partial charge in [-0.1, -0.05) is 120 Å². The van der Waals surface area contributed by atoms with Crippen molar-refractivity contribution in [3.8, 4) is 6.07 Å². The van der Waals surface area contributed by atoms with E-state index in [1.165, 1.54) is 59.9 Å². The molecule has 7 aromatic carbocycles. The molecule has 31 heteroatoms. The summed E-state index contributed by atoms with van der Waals surface area (Å²) < 4.78 is 75.5. The molecule has 5 aliphatic rings. The summed E-state index contributed by atoms with van der Waals surface area (Å²) in [5, 5.41) is 32.0. The van der Waals surface area contributed by atoms with Gasteiger partial charge >= 0.3 is 5.97 Å². The Bertz CT molecular complexity index is 6180. The summed E-state index contributed by atoms with van der Waals surface area (Å²) in [5.41, 5.74) is 10.8. The number of carboxylic acids is 1. The maximum Gasteiger partial charge on any atom is 0.346 e. The van der Waals surface area contributed by atoms with Crippen LogP contribution in [0.5, 0.6) is 0 Å². The highest BCUT2D eigenvalue weighted by atomic mass is 35.5. The number of rotatable bonds is 18. The number of nitriles is 1. The summed E-state index contributed by atoms with van der Waals surface area (Å²) in [6.45, 7) is 31.6. The molecule has 19 rings (SSSR count). The van der Waals surface area contributed by atoms with Crippen molar-refractivity contribution >= 4 is 171 Å². The summed E-state index contributed by atoms with van der Waals surface area (Å²) in [6, 6.07) is 47.1. The van der Waals surface area contributed by atoms with Crippen molar-refractivity contribution < 1.29 is 51.0 Å². The Morgan fingerprint density at radius 3 is 1.51 bits per heavy atom. The van der Waals surface area contributed by atoms with Gasteiger partial charge in [0.05, 0.1) is 127 Å². The van der Waals surface area contributed by atoms with Crippen molar-refractivity contribution in [1.29, 1.82) is 5.26 Å². The van der Waals surface area contributed by atoms with E-state index < -0.39 is 23.0 Å². The number of aryl methyl sites for hydroxylation is 4. The van der Waals surface area contributed by atoms with Crippen LogP contribution in [-0.2, 0) is 60.4 Å². The van der Waals surface area contributed by atoms with Crippen molar-refractivity contribution in [2.75, 3.05) is 162 Å². The average molecular weight is 1820 g/mol. The van der Waals surface area contributed by atoms with Crippen LogP contribution in [0.25, 0.3) is 48.1 Å². The summed E-state index contributed by atoms with van der Waals surface area (Å²) in [4.78, 5) is 50.8.